The molecule has 0 saturated heterocycles. The molecule has 0 bridgehead atoms. The molecule has 0 radical (unpaired) electrons. The molecule has 0 atom stereocenters. The molecule has 0 aliphatic carbocycles. The van der Waals surface area contributed by atoms with Crippen LogP contribution in [0.15, 0.2) is 42.7 Å². The fraction of sp³-hybridized carbons (Fsp3) is 0.222. The fourth-order valence-electron chi connectivity index (χ4n) is 2.46. The van der Waals surface area contributed by atoms with E-state index in [4.69, 9.17) is 5.73 Å². The van der Waals surface area contributed by atoms with Gasteiger partial charge in [0.25, 0.3) is 0 Å². The van der Waals surface area contributed by atoms with Gasteiger partial charge in [-0.05, 0) is 43.5 Å². The minimum atomic E-state index is -0.410. The Hall–Kier alpha value is -3.26. The molecule has 3 aromatic rings. The van der Waals surface area contributed by atoms with Gasteiger partial charge in [-0.2, -0.15) is 4.98 Å². The van der Waals surface area contributed by atoms with Crippen molar-refractivity contribution in [2.24, 2.45) is 5.73 Å². The van der Waals surface area contributed by atoms with Crippen LogP contribution in [-0.2, 0) is 0 Å². The van der Waals surface area contributed by atoms with Gasteiger partial charge in [-0.3, -0.25) is 10.3 Å². The number of rotatable bonds is 6. The molecule has 26 heavy (non-hydrogen) atoms. The monoisotopic (exact) mass is 351 g/mol. The third-order valence-corrected chi connectivity index (χ3v) is 3.67. The van der Waals surface area contributed by atoms with E-state index in [1.54, 1.807) is 12.4 Å². The van der Waals surface area contributed by atoms with E-state index in [1.165, 1.54) is 0 Å². The fourth-order valence-corrected chi connectivity index (χ4v) is 2.46. The first-order valence-corrected chi connectivity index (χ1v) is 8.35. The lowest BCUT2D eigenvalue weighted by Gasteiger charge is -2.10. The van der Waals surface area contributed by atoms with Gasteiger partial charge in [0.15, 0.2) is 0 Å². The number of urea groups is 1. The van der Waals surface area contributed by atoms with Gasteiger partial charge in [0, 0.05) is 41.8 Å². The summed E-state index contributed by atoms with van der Waals surface area (Å²) >= 11 is 0. The number of nitrogens with two attached hydrogens (primary N) is 1. The maximum Gasteiger partial charge on any atom is 0.326 e. The Morgan fingerprint density at radius 3 is 2.85 bits per heavy atom. The van der Waals surface area contributed by atoms with E-state index in [0.29, 0.717) is 24.6 Å². The van der Waals surface area contributed by atoms with E-state index in [-0.39, 0.29) is 5.95 Å². The van der Waals surface area contributed by atoms with E-state index in [0.717, 1.165) is 22.9 Å². The average molecular weight is 351 g/mol. The van der Waals surface area contributed by atoms with Crippen LogP contribution in [-0.4, -0.2) is 34.1 Å². The van der Waals surface area contributed by atoms with Crippen molar-refractivity contribution in [1.82, 2.24) is 15.0 Å². The summed E-state index contributed by atoms with van der Waals surface area (Å²) in [6.07, 6.45) is 4.32. The van der Waals surface area contributed by atoms with Crippen molar-refractivity contribution in [3.63, 3.8) is 0 Å². The third-order valence-electron chi connectivity index (χ3n) is 3.67. The Labute approximate surface area is 151 Å². The quantitative estimate of drug-likeness (QED) is 0.507. The summed E-state index contributed by atoms with van der Waals surface area (Å²) in [7, 11) is 0. The standard InChI is InChI=1S/C18H21N7O/c1-12-9-16(21-7-2-6-19)24-17(22-12)25-18(26)23-15-4-3-13-5-8-20-11-14(13)10-15/h3-5,8-11H,2,6-7,19H2,1H3,(H3,21,22,23,24,25,26). The van der Waals surface area contributed by atoms with Gasteiger partial charge in [0.05, 0.1) is 0 Å². The number of pyridine rings is 1. The number of hydrogen-bond acceptors (Lipinski definition) is 6. The van der Waals surface area contributed by atoms with Gasteiger partial charge in [0.1, 0.15) is 5.82 Å². The summed E-state index contributed by atoms with van der Waals surface area (Å²) in [6, 6.07) is 8.94. The molecule has 8 heteroatoms. The highest BCUT2D eigenvalue weighted by Crippen LogP contribution is 2.18. The van der Waals surface area contributed by atoms with Crippen molar-refractivity contribution in [3.8, 4) is 0 Å². The van der Waals surface area contributed by atoms with Gasteiger partial charge in [-0.1, -0.05) is 6.07 Å². The number of aryl methyl sites for hydroxylation is 1. The number of carbonyl (C=O) groups is 1. The molecule has 2 amide bonds. The van der Waals surface area contributed by atoms with Crippen LogP contribution in [0.25, 0.3) is 10.8 Å². The van der Waals surface area contributed by atoms with Crippen molar-refractivity contribution >= 4 is 34.3 Å². The highest BCUT2D eigenvalue weighted by molar-refractivity contribution is 6.00. The van der Waals surface area contributed by atoms with Gasteiger partial charge in [-0.25, -0.2) is 9.78 Å². The summed E-state index contributed by atoms with van der Waals surface area (Å²) in [4.78, 5) is 24.9. The van der Waals surface area contributed by atoms with Crippen LogP contribution < -0.4 is 21.7 Å². The zero-order valence-corrected chi connectivity index (χ0v) is 14.5. The molecule has 0 fully saturated rings. The number of aromatic nitrogens is 3. The number of fused-ring (bicyclic) bond motifs is 1. The molecule has 8 nitrogen and oxygen atoms in total. The van der Waals surface area contributed by atoms with Crippen molar-refractivity contribution in [2.45, 2.75) is 13.3 Å². The second-order valence-electron chi connectivity index (χ2n) is 5.80. The SMILES string of the molecule is Cc1cc(NCCCN)nc(NC(=O)Nc2ccc3ccncc3c2)n1. The molecular weight excluding hydrogens is 330 g/mol. The summed E-state index contributed by atoms with van der Waals surface area (Å²) in [5, 5.41) is 10.6. The van der Waals surface area contributed by atoms with Crippen molar-refractivity contribution in [3.05, 3.63) is 48.4 Å². The molecule has 0 aliphatic heterocycles. The van der Waals surface area contributed by atoms with Gasteiger partial charge in [-0.15, -0.1) is 0 Å². The normalized spacial score (nSPS) is 10.5. The number of nitrogens with one attached hydrogen (secondary N) is 3. The highest BCUT2D eigenvalue weighted by atomic mass is 16.2. The van der Waals surface area contributed by atoms with E-state index in [9.17, 15) is 4.79 Å². The molecule has 2 aromatic heterocycles. The Balaban J connectivity index is 1.66. The minimum absolute atomic E-state index is 0.236. The number of hydrogen-bond donors (Lipinski definition) is 4. The topological polar surface area (TPSA) is 118 Å². The van der Waals surface area contributed by atoms with E-state index >= 15 is 0 Å². The second-order valence-corrected chi connectivity index (χ2v) is 5.80. The Kier molecular flexibility index (Phi) is 5.55. The van der Waals surface area contributed by atoms with Crippen LogP contribution in [0.2, 0.25) is 0 Å². The predicted molar refractivity (Wildman–Crippen MR) is 103 cm³/mol. The third kappa shape index (κ3) is 4.64. The van der Waals surface area contributed by atoms with Crippen molar-refractivity contribution in [1.29, 1.82) is 0 Å². The Morgan fingerprint density at radius 1 is 1.12 bits per heavy atom. The average Bonchev–Trinajstić information content (AvgIpc) is 2.61. The number of carbonyl (C=O) groups excluding carboxylic acids is 1. The molecule has 134 valence electrons. The number of anilines is 3. The zero-order chi connectivity index (χ0) is 18.4. The zero-order valence-electron chi connectivity index (χ0n) is 14.5. The van der Waals surface area contributed by atoms with Crippen LogP contribution >= 0.6 is 0 Å². The van der Waals surface area contributed by atoms with Crippen molar-refractivity contribution in [2.75, 3.05) is 29.0 Å². The first kappa shape index (κ1) is 17.6. The number of nitrogens with zero attached hydrogens (tertiary/aromatic N) is 3. The minimum Gasteiger partial charge on any atom is -0.370 e. The molecule has 1 aromatic carbocycles. The first-order chi connectivity index (χ1) is 12.6. The molecule has 2 heterocycles. The summed E-state index contributed by atoms with van der Waals surface area (Å²) in [5.74, 6) is 0.887. The van der Waals surface area contributed by atoms with Gasteiger partial charge < -0.3 is 16.4 Å². The predicted octanol–water partition coefficient (Wildman–Crippen LogP) is 2.74. The number of amides is 2. The summed E-state index contributed by atoms with van der Waals surface area (Å²) in [6.45, 7) is 3.16. The van der Waals surface area contributed by atoms with E-state index in [2.05, 4.69) is 30.9 Å². The van der Waals surface area contributed by atoms with Crippen molar-refractivity contribution < 1.29 is 4.79 Å². The van der Waals surface area contributed by atoms with Crippen LogP contribution in [0, 0.1) is 6.92 Å². The molecule has 0 spiro atoms. The summed E-state index contributed by atoms with van der Waals surface area (Å²) in [5.41, 5.74) is 6.90. The highest BCUT2D eigenvalue weighted by Gasteiger charge is 2.08. The maximum absolute atomic E-state index is 12.2. The molecule has 0 aliphatic rings. The lowest BCUT2D eigenvalue weighted by atomic mass is 10.1. The second kappa shape index (κ2) is 8.21. The Bertz CT molecular complexity index is 913. The lowest BCUT2D eigenvalue weighted by Crippen LogP contribution is -2.21. The van der Waals surface area contributed by atoms with Crippen LogP contribution in [0.1, 0.15) is 12.1 Å². The summed E-state index contributed by atoms with van der Waals surface area (Å²) < 4.78 is 0. The molecule has 0 unspecified atom stereocenters. The van der Waals surface area contributed by atoms with E-state index in [1.807, 2.05) is 37.3 Å². The van der Waals surface area contributed by atoms with Gasteiger partial charge in [0.2, 0.25) is 5.95 Å². The molecule has 0 saturated carbocycles. The smallest absolute Gasteiger partial charge is 0.326 e. The Morgan fingerprint density at radius 2 is 2.00 bits per heavy atom. The number of benzene rings is 1. The molecule has 5 N–H and O–H groups in total. The first-order valence-electron chi connectivity index (χ1n) is 8.35. The van der Waals surface area contributed by atoms with Crippen LogP contribution in [0.3, 0.4) is 0 Å². The molecule has 3 rings (SSSR count). The van der Waals surface area contributed by atoms with E-state index < -0.39 is 6.03 Å². The van der Waals surface area contributed by atoms with Crippen LogP contribution in [0.4, 0.5) is 22.2 Å². The maximum atomic E-state index is 12.2. The van der Waals surface area contributed by atoms with Crippen LogP contribution in [0.5, 0.6) is 0 Å². The lowest BCUT2D eigenvalue weighted by molar-refractivity contribution is 0.262. The largest absolute Gasteiger partial charge is 0.370 e. The van der Waals surface area contributed by atoms with Gasteiger partial charge >= 0.3 is 6.03 Å². The molecular formula is C18H21N7O.